The molecule has 2 N–H and O–H groups in total. The van der Waals surface area contributed by atoms with E-state index in [4.69, 9.17) is 5.11 Å². The molecule has 0 atom stereocenters. The minimum atomic E-state index is -0.782. The van der Waals surface area contributed by atoms with Crippen molar-refractivity contribution in [3.63, 3.8) is 0 Å². The van der Waals surface area contributed by atoms with Crippen molar-refractivity contribution < 1.29 is 14.7 Å². The Hall–Kier alpha value is -1.84. The van der Waals surface area contributed by atoms with Crippen molar-refractivity contribution in [3.8, 4) is 0 Å². The van der Waals surface area contributed by atoms with E-state index in [-0.39, 0.29) is 5.91 Å². The summed E-state index contributed by atoms with van der Waals surface area (Å²) in [5.74, 6) is -0.772. The van der Waals surface area contributed by atoms with Gasteiger partial charge in [0.15, 0.2) is 0 Å². The van der Waals surface area contributed by atoms with Crippen LogP contribution in [0.2, 0.25) is 0 Å². The first-order valence-electron chi connectivity index (χ1n) is 6.83. The van der Waals surface area contributed by atoms with Crippen molar-refractivity contribution in [3.05, 3.63) is 29.3 Å². The van der Waals surface area contributed by atoms with E-state index >= 15 is 0 Å². The van der Waals surface area contributed by atoms with Gasteiger partial charge in [-0.25, -0.2) is 0 Å². The molecule has 0 aliphatic carbocycles. The molecule has 0 unspecified atom stereocenters. The van der Waals surface area contributed by atoms with Gasteiger partial charge in [-0.3, -0.25) is 9.59 Å². The van der Waals surface area contributed by atoms with Gasteiger partial charge in [0.25, 0.3) is 0 Å². The molecule has 0 saturated carbocycles. The summed E-state index contributed by atoms with van der Waals surface area (Å²) in [6, 6.07) is 5.88. The molecule has 4 heteroatoms. The van der Waals surface area contributed by atoms with E-state index in [1.807, 2.05) is 32.0 Å². The number of hydrogen-bond donors (Lipinski definition) is 2. The molecular formula is C16H21NO3. The largest absolute Gasteiger partial charge is 0.481 e. The van der Waals surface area contributed by atoms with E-state index in [1.165, 1.54) is 0 Å². The summed E-state index contributed by atoms with van der Waals surface area (Å²) in [6.45, 7) is 7.27. The Morgan fingerprint density at radius 3 is 2.60 bits per heavy atom. The highest BCUT2D eigenvalue weighted by atomic mass is 16.4. The van der Waals surface area contributed by atoms with Gasteiger partial charge in [0.05, 0.1) is 10.8 Å². The molecule has 1 amide bonds. The molecule has 0 aromatic heterocycles. The van der Waals surface area contributed by atoms with Crippen molar-refractivity contribution in [2.24, 2.45) is 5.41 Å². The van der Waals surface area contributed by atoms with E-state index in [0.717, 1.165) is 16.8 Å². The highest BCUT2D eigenvalue weighted by Crippen LogP contribution is 2.38. The van der Waals surface area contributed by atoms with E-state index in [1.54, 1.807) is 13.8 Å². The second-order valence-electron chi connectivity index (χ2n) is 6.65. The van der Waals surface area contributed by atoms with Gasteiger partial charge in [0.2, 0.25) is 5.91 Å². The van der Waals surface area contributed by atoms with Crippen molar-refractivity contribution in [1.29, 1.82) is 0 Å². The fraction of sp³-hybridized carbons (Fsp3) is 0.500. The molecule has 0 fully saturated rings. The minimum absolute atomic E-state index is 0.00974. The number of aliphatic carboxylic acids is 1. The van der Waals surface area contributed by atoms with E-state index < -0.39 is 16.8 Å². The number of nitrogens with one attached hydrogen (secondary N) is 1. The molecule has 0 saturated heterocycles. The zero-order chi connectivity index (χ0) is 15.1. The standard InChI is InChI=1S/C16H21NO3/c1-15(2,14(19)20)8-7-10-5-6-12-11(9-10)16(3,4)13(18)17-12/h5-6,9H,7-8H2,1-4H3,(H,17,18)(H,19,20). The molecule has 0 bridgehead atoms. The Bertz CT molecular complexity index is 573. The molecular weight excluding hydrogens is 254 g/mol. The first-order valence-corrected chi connectivity index (χ1v) is 6.83. The number of hydrogen-bond acceptors (Lipinski definition) is 2. The predicted molar refractivity (Wildman–Crippen MR) is 77.8 cm³/mol. The molecule has 0 spiro atoms. The Morgan fingerprint density at radius 1 is 1.35 bits per heavy atom. The number of fused-ring (bicyclic) bond motifs is 1. The topological polar surface area (TPSA) is 66.4 Å². The molecule has 0 radical (unpaired) electrons. The molecule has 1 aromatic rings. The van der Waals surface area contributed by atoms with Gasteiger partial charge in [-0.05, 0) is 57.7 Å². The second-order valence-corrected chi connectivity index (χ2v) is 6.65. The summed E-state index contributed by atoms with van der Waals surface area (Å²) in [4.78, 5) is 23.0. The van der Waals surface area contributed by atoms with Crippen molar-refractivity contribution in [2.45, 2.75) is 46.0 Å². The number of carboxylic acids is 1. The maximum atomic E-state index is 11.9. The van der Waals surface area contributed by atoms with Crippen LogP contribution in [0.15, 0.2) is 18.2 Å². The number of carboxylic acid groups (broad SMARTS) is 1. The second kappa shape index (κ2) is 4.62. The van der Waals surface area contributed by atoms with Crippen LogP contribution in [-0.2, 0) is 21.4 Å². The molecule has 108 valence electrons. The summed E-state index contributed by atoms with van der Waals surface area (Å²) in [5.41, 5.74) is 1.67. The predicted octanol–water partition coefficient (Wildman–Crippen LogP) is 2.96. The van der Waals surface area contributed by atoms with Crippen LogP contribution in [-0.4, -0.2) is 17.0 Å². The first kappa shape index (κ1) is 14.6. The van der Waals surface area contributed by atoms with Gasteiger partial charge >= 0.3 is 5.97 Å². The maximum Gasteiger partial charge on any atom is 0.309 e. The lowest BCUT2D eigenvalue weighted by atomic mass is 9.83. The van der Waals surface area contributed by atoms with Gasteiger partial charge in [-0.15, -0.1) is 0 Å². The smallest absolute Gasteiger partial charge is 0.309 e. The lowest BCUT2D eigenvalue weighted by Crippen LogP contribution is -2.27. The SMILES string of the molecule is CC(C)(CCc1ccc2c(c1)C(C)(C)C(=O)N2)C(=O)O. The lowest BCUT2D eigenvalue weighted by molar-refractivity contribution is -0.147. The Morgan fingerprint density at radius 2 is 2.00 bits per heavy atom. The van der Waals surface area contributed by atoms with Crippen LogP contribution in [0.25, 0.3) is 0 Å². The van der Waals surface area contributed by atoms with Crippen LogP contribution in [0.3, 0.4) is 0 Å². The number of carbonyl (C=O) groups excluding carboxylic acids is 1. The Balaban J connectivity index is 2.20. The summed E-state index contributed by atoms with van der Waals surface area (Å²) >= 11 is 0. The van der Waals surface area contributed by atoms with Gasteiger partial charge in [0.1, 0.15) is 0 Å². The van der Waals surface area contributed by atoms with Crippen LogP contribution < -0.4 is 5.32 Å². The van der Waals surface area contributed by atoms with Crippen LogP contribution in [0, 0.1) is 5.41 Å². The normalized spacial score (nSPS) is 16.7. The average molecular weight is 275 g/mol. The molecule has 4 nitrogen and oxygen atoms in total. The summed E-state index contributed by atoms with van der Waals surface area (Å²) in [5, 5.41) is 12.0. The number of rotatable bonds is 4. The highest BCUT2D eigenvalue weighted by Gasteiger charge is 2.38. The highest BCUT2D eigenvalue weighted by molar-refractivity contribution is 6.05. The van der Waals surface area contributed by atoms with E-state index in [2.05, 4.69) is 5.32 Å². The van der Waals surface area contributed by atoms with Gasteiger partial charge < -0.3 is 10.4 Å². The van der Waals surface area contributed by atoms with Gasteiger partial charge in [0, 0.05) is 5.69 Å². The Kier molecular flexibility index (Phi) is 3.36. The first-order chi connectivity index (χ1) is 9.14. The number of anilines is 1. The number of benzene rings is 1. The number of carbonyl (C=O) groups is 2. The third-order valence-electron chi connectivity index (χ3n) is 4.19. The lowest BCUT2D eigenvalue weighted by Gasteiger charge is -2.20. The van der Waals surface area contributed by atoms with Gasteiger partial charge in [-0.1, -0.05) is 12.1 Å². The summed E-state index contributed by atoms with van der Waals surface area (Å²) in [6.07, 6.45) is 1.26. The summed E-state index contributed by atoms with van der Waals surface area (Å²) < 4.78 is 0. The molecule has 1 heterocycles. The fourth-order valence-corrected chi connectivity index (χ4v) is 2.34. The fourth-order valence-electron chi connectivity index (χ4n) is 2.34. The number of aryl methyl sites for hydroxylation is 1. The van der Waals surface area contributed by atoms with Crippen molar-refractivity contribution in [2.75, 3.05) is 5.32 Å². The van der Waals surface area contributed by atoms with Gasteiger partial charge in [-0.2, -0.15) is 0 Å². The van der Waals surface area contributed by atoms with Crippen molar-refractivity contribution >= 4 is 17.6 Å². The van der Waals surface area contributed by atoms with E-state index in [9.17, 15) is 9.59 Å². The Labute approximate surface area is 119 Å². The van der Waals surface area contributed by atoms with Crippen LogP contribution in [0.1, 0.15) is 45.2 Å². The molecule has 1 aliphatic rings. The third-order valence-corrected chi connectivity index (χ3v) is 4.19. The van der Waals surface area contributed by atoms with Crippen LogP contribution >= 0.6 is 0 Å². The third kappa shape index (κ3) is 2.42. The maximum absolute atomic E-state index is 11.9. The monoisotopic (exact) mass is 275 g/mol. The molecule has 1 aliphatic heterocycles. The molecule has 2 rings (SSSR count). The van der Waals surface area contributed by atoms with E-state index in [0.29, 0.717) is 12.8 Å². The quantitative estimate of drug-likeness (QED) is 0.887. The average Bonchev–Trinajstić information content (AvgIpc) is 2.58. The van der Waals surface area contributed by atoms with Crippen LogP contribution in [0.5, 0.6) is 0 Å². The number of amides is 1. The molecule has 1 aromatic carbocycles. The zero-order valence-corrected chi connectivity index (χ0v) is 12.4. The van der Waals surface area contributed by atoms with Crippen LogP contribution in [0.4, 0.5) is 5.69 Å². The summed E-state index contributed by atoms with van der Waals surface area (Å²) in [7, 11) is 0. The molecule has 20 heavy (non-hydrogen) atoms. The minimum Gasteiger partial charge on any atom is -0.481 e. The zero-order valence-electron chi connectivity index (χ0n) is 12.4. The van der Waals surface area contributed by atoms with Crippen molar-refractivity contribution in [1.82, 2.24) is 0 Å².